The number of hydrogen-bond acceptors (Lipinski definition) is 2. The molecule has 1 unspecified atom stereocenters. The van der Waals surface area contributed by atoms with Crippen LogP contribution in [0.15, 0.2) is 12.1 Å². The molecule has 98 valence electrons. The SMILES string of the molecule is COc1cc2c(c(C(C)C)c1OC)CC(C)C=C2. The molecule has 18 heavy (non-hydrogen) atoms. The Morgan fingerprint density at radius 2 is 1.94 bits per heavy atom. The van der Waals surface area contributed by atoms with Gasteiger partial charge in [-0.15, -0.1) is 0 Å². The van der Waals surface area contributed by atoms with Crippen molar-refractivity contribution < 1.29 is 9.47 Å². The van der Waals surface area contributed by atoms with Crippen molar-refractivity contribution in [1.29, 1.82) is 0 Å². The van der Waals surface area contributed by atoms with Crippen molar-refractivity contribution in [3.8, 4) is 11.5 Å². The molecule has 2 rings (SSSR count). The summed E-state index contributed by atoms with van der Waals surface area (Å²) in [6, 6.07) is 2.09. The van der Waals surface area contributed by atoms with E-state index < -0.39 is 0 Å². The molecule has 0 fully saturated rings. The molecule has 1 aliphatic carbocycles. The fraction of sp³-hybridized carbons (Fsp3) is 0.500. The van der Waals surface area contributed by atoms with Crippen molar-refractivity contribution >= 4 is 6.08 Å². The van der Waals surface area contributed by atoms with Crippen molar-refractivity contribution in [2.24, 2.45) is 5.92 Å². The zero-order chi connectivity index (χ0) is 13.3. The largest absolute Gasteiger partial charge is 0.493 e. The highest BCUT2D eigenvalue weighted by Crippen LogP contribution is 2.42. The molecule has 2 heteroatoms. The van der Waals surface area contributed by atoms with E-state index in [9.17, 15) is 0 Å². The van der Waals surface area contributed by atoms with Crippen LogP contribution in [0.3, 0.4) is 0 Å². The van der Waals surface area contributed by atoms with E-state index in [1.165, 1.54) is 16.7 Å². The van der Waals surface area contributed by atoms with Crippen LogP contribution in [-0.4, -0.2) is 14.2 Å². The van der Waals surface area contributed by atoms with E-state index in [1.54, 1.807) is 14.2 Å². The fourth-order valence-electron chi connectivity index (χ4n) is 2.73. The van der Waals surface area contributed by atoms with Gasteiger partial charge in [-0.3, -0.25) is 0 Å². The molecule has 0 aromatic heterocycles. The first kappa shape index (κ1) is 13.0. The summed E-state index contributed by atoms with van der Waals surface area (Å²) in [5.41, 5.74) is 3.98. The van der Waals surface area contributed by atoms with Crippen molar-refractivity contribution in [2.45, 2.75) is 33.1 Å². The molecule has 1 aromatic carbocycles. The quantitative estimate of drug-likeness (QED) is 0.801. The van der Waals surface area contributed by atoms with Gasteiger partial charge >= 0.3 is 0 Å². The van der Waals surface area contributed by atoms with Gasteiger partial charge in [-0.25, -0.2) is 0 Å². The van der Waals surface area contributed by atoms with Crippen LogP contribution < -0.4 is 9.47 Å². The molecule has 0 N–H and O–H groups in total. The van der Waals surface area contributed by atoms with Crippen LogP contribution in [0, 0.1) is 5.92 Å². The zero-order valence-electron chi connectivity index (χ0n) is 11.9. The molecule has 1 atom stereocenters. The van der Waals surface area contributed by atoms with Gasteiger partial charge in [0.1, 0.15) is 0 Å². The van der Waals surface area contributed by atoms with E-state index >= 15 is 0 Å². The maximum Gasteiger partial charge on any atom is 0.164 e. The lowest BCUT2D eigenvalue weighted by Gasteiger charge is -2.25. The highest BCUT2D eigenvalue weighted by atomic mass is 16.5. The van der Waals surface area contributed by atoms with E-state index in [0.717, 1.165) is 17.9 Å². The summed E-state index contributed by atoms with van der Waals surface area (Å²) in [5, 5.41) is 0. The highest BCUT2D eigenvalue weighted by molar-refractivity contribution is 5.66. The number of hydrogen-bond donors (Lipinski definition) is 0. The molecule has 0 spiro atoms. The number of rotatable bonds is 3. The minimum Gasteiger partial charge on any atom is -0.493 e. The smallest absolute Gasteiger partial charge is 0.164 e. The Kier molecular flexibility index (Phi) is 3.65. The Hall–Kier alpha value is -1.44. The molecule has 1 aliphatic rings. The van der Waals surface area contributed by atoms with Gasteiger partial charge in [-0.1, -0.05) is 32.9 Å². The third-order valence-electron chi connectivity index (χ3n) is 3.56. The Morgan fingerprint density at radius 1 is 1.22 bits per heavy atom. The first-order valence-corrected chi connectivity index (χ1v) is 6.54. The fourth-order valence-corrected chi connectivity index (χ4v) is 2.73. The van der Waals surface area contributed by atoms with Crippen LogP contribution in [-0.2, 0) is 6.42 Å². The number of ether oxygens (including phenoxy) is 2. The maximum absolute atomic E-state index is 5.58. The second kappa shape index (κ2) is 5.05. The zero-order valence-corrected chi connectivity index (χ0v) is 11.9. The monoisotopic (exact) mass is 246 g/mol. The highest BCUT2D eigenvalue weighted by Gasteiger charge is 2.23. The van der Waals surface area contributed by atoms with E-state index in [-0.39, 0.29) is 0 Å². The minimum atomic E-state index is 0.433. The van der Waals surface area contributed by atoms with Crippen LogP contribution in [0.5, 0.6) is 11.5 Å². The van der Waals surface area contributed by atoms with Crippen LogP contribution in [0.2, 0.25) is 0 Å². The molecule has 0 radical (unpaired) electrons. The number of allylic oxidation sites excluding steroid dienone is 1. The summed E-state index contributed by atoms with van der Waals surface area (Å²) >= 11 is 0. The van der Waals surface area contributed by atoms with Crippen LogP contribution in [0.25, 0.3) is 6.08 Å². The predicted octanol–water partition coefficient (Wildman–Crippen LogP) is 4.03. The molecule has 2 nitrogen and oxygen atoms in total. The van der Waals surface area contributed by atoms with Crippen molar-refractivity contribution in [1.82, 2.24) is 0 Å². The number of fused-ring (bicyclic) bond motifs is 1. The third kappa shape index (κ3) is 2.12. The molecule has 0 bridgehead atoms. The molecule has 0 aliphatic heterocycles. The minimum absolute atomic E-state index is 0.433. The van der Waals surface area contributed by atoms with Crippen molar-refractivity contribution in [2.75, 3.05) is 14.2 Å². The third-order valence-corrected chi connectivity index (χ3v) is 3.56. The molecule has 1 aromatic rings. The van der Waals surface area contributed by atoms with E-state index in [1.807, 2.05) is 0 Å². The Balaban J connectivity index is 2.69. The molecule has 0 saturated heterocycles. The topological polar surface area (TPSA) is 18.5 Å². The average molecular weight is 246 g/mol. The van der Waals surface area contributed by atoms with E-state index in [4.69, 9.17) is 9.47 Å². The van der Waals surface area contributed by atoms with Crippen LogP contribution in [0.1, 0.15) is 43.4 Å². The van der Waals surface area contributed by atoms with E-state index in [0.29, 0.717) is 11.8 Å². The van der Waals surface area contributed by atoms with Gasteiger partial charge in [0, 0.05) is 5.56 Å². The van der Waals surface area contributed by atoms with Gasteiger partial charge in [0.05, 0.1) is 14.2 Å². The van der Waals surface area contributed by atoms with Crippen LogP contribution in [0.4, 0.5) is 0 Å². The lowest BCUT2D eigenvalue weighted by atomic mass is 9.83. The first-order valence-electron chi connectivity index (χ1n) is 6.54. The van der Waals surface area contributed by atoms with Gasteiger partial charge in [0.25, 0.3) is 0 Å². The summed E-state index contributed by atoms with van der Waals surface area (Å²) in [7, 11) is 3.42. The average Bonchev–Trinajstić information content (AvgIpc) is 2.35. The van der Waals surface area contributed by atoms with Gasteiger partial charge in [0.15, 0.2) is 11.5 Å². The Labute approximate surface area is 110 Å². The van der Waals surface area contributed by atoms with Gasteiger partial charge in [-0.05, 0) is 35.4 Å². The summed E-state index contributed by atoms with van der Waals surface area (Å²) in [6.07, 6.45) is 5.55. The summed E-state index contributed by atoms with van der Waals surface area (Å²) in [5.74, 6) is 2.75. The summed E-state index contributed by atoms with van der Waals surface area (Å²) in [6.45, 7) is 6.67. The Morgan fingerprint density at radius 3 is 2.50 bits per heavy atom. The van der Waals surface area contributed by atoms with Gasteiger partial charge in [0.2, 0.25) is 0 Å². The van der Waals surface area contributed by atoms with Crippen molar-refractivity contribution in [3.05, 3.63) is 28.8 Å². The molecule has 0 heterocycles. The number of benzene rings is 1. The Bertz CT molecular complexity index is 472. The molecule has 0 saturated carbocycles. The standard InChI is InChI=1S/C16H22O2/c1-10(2)15-13-8-11(3)6-7-12(13)9-14(17-4)16(15)18-5/h6-7,9-11H,8H2,1-5H3. The van der Waals surface area contributed by atoms with Gasteiger partial charge < -0.3 is 9.47 Å². The maximum atomic E-state index is 5.58. The van der Waals surface area contributed by atoms with Crippen molar-refractivity contribution in [3.63, 3.8) is 0 Å². The molecular weight excluding hydrogens is 224 g/mol. The summed E-state index contributed by atoms with van der Waals surface area (Å²) in [4.78, 5) is 0. The van der Waals surface area contributed by atoms with Gasteiger partial charge in [-0.2, -0.15) is 0 Å². The molecular formula is C16H22O2. The first-order chi connectivity index (χ1) is 8.58. The lowest BCUT2D eigenvalue weighted by molar-refractivity contribution is 0.349. The second-order valence-electron chi connectivity index (χ2n) is 5.29. The normalized spacial score (nSPS) is 17.8. The number of methoxy groups -OCH3 is 2. The van der Waals surface area contributed by atoms with E-state index in [2.05, 4.69) is 39.0 Å². The van der Waals surface area contributed by atoms with Crippen LogP contribution >= 0.6 is 0 Å². The second-order valence-corrected chi connectivity index (χ2v) is 5.29. The summed E-state index contributed by atoms with van der Waals surface area (Å²) < 4.78 is 11.0. The molecule has 0 amide bonds. The predicted molar refractivity (Wildman–Crippen MR) is 75.5 cm³/mol. The lowest BCUT2D eigenvalue weighted by Crippen LogP contribution is -2.10.